The predicted molar refractivity (Wildman–Crippen MR) is 22.4 cm³/mol. The third-order valence-electron chi connectivity index (χ3n) is 0. The van der Waals surface area contributed by atoms with E-state index in [1.54, 1.807) is 0 Å². The number of hydrogen-bond acceptors (Lipinski definition) is 0. The van der Waals surface area contributed by atoms with E-state index in [1.807, 2.05) is 6.92 Å². The van der Waals surface area contributed by atoms with Crippen LogP contribution < -0.4 is 0 Å². The molecule has 0 saturated carbocycles. The van der Waals surface area contributed by atoms with Gasteiger partial charge >= 0.3 is 0 Å². The highest BCUT2D eigenvalue weighted by molar-refractivity contribution is 7.81. The van der Waals surface area contributed by atoms with Crippen molar-refractivity contribution < 1.29 is 0 Å². The van der Waals surface area contributed by atoms with Gasteiger partial charge in [-0.15, -0.1) is 0 Å². The van der Waals surface area contributed by atoms with E-state index in [9.17, 15) is 0 Å². The largest absolute Gasteiger partial charge is 0.0907 e. The molecule has 0 heterocycles. The van der Waals surface area contributed by atoms with Gasteiger partial charge in [0.05, 0.1) is 0 Å². The molecule has 0 fully saturated rings. The molecule has 0 aromatic heterocycles. The van der Waals surface area contributed by atoms with Gasteiger partial charge in [0.25, 0.3) is 0 Å². The Kier molecular flexibility index (Phi) is 1.79. The summed E-state index contributed by atoms with van der Waals surface area (Å²) in [4.78, 5) is 0. The molecule has 1 heteroatoms. The molecule has 2 radical (unpaired) electrons. The Morgan fingerprint density at radius 1 is 2.00 bits per heavy atom. The second-order valence-corrected chi connectivity index (χ2v) is 1.62. The molecule has 0 aliphatic carbocycles. The maximum absolute atomic E-state index is 4.51. The molecule has 0 rings (SSSR count). The zero-order valence-electron chi connectivity index (χ0n) is 2.69. The van der Waals surface area contributed by atoms with Crippen LogP contribution in [-0.2, 0) is 0 Å². The van der Waals surface area contributed by atoms with E-state index in [2.05, 4.69) is 19.6 Å². The second kappa shape index (κ2) is 1.65. The second-order valence-electron chi connectivity index (χ2n) is 0.811. The van der Waals surface area contributed by atoms with Crippen LogP contribution in [0.3, 0.4) is 0 Å². The summed E-state index contributed by atoms with van der Waals surface area (Å²) < 4.78 is 0. The Hall–Kier alpha value is 0.350. The summed E-state index contributed by atoms with van der Waals surface area (Å²) in [7, 11) is 0. The lowest BCUT2D eigenvalue weighted by atomic mass is 10.6. The van der Waals surface area contributed by atoms with Crippen LogP contribution in [0.5, 0.6) is 0 Å². The summed E-state index contributed by atoms with van der Waals surface area (Å²) in [6.45, 7) is 5.32. The molecule has 0 aromatic carbocycles. The van der Waals surface area contributed by atoms with Gasteiger partial charge < -0.3 is 0 Å². The molecule has 0 bridgehead atoms. The molecule has 1 atom stereocenters. The van der Waals surface area contributed by atoms with E-state index >= 15 is 0 Å². The number of hydrogen-bond donors (Lipinski definition) is 0. The van der Waals surface area contributed by atoms with Crippen molar-refractivity contribution in [2.75, 3.05) is 0 Å². The SMILES string of the molecule is [CH2]C(C)[S]. The minimum Gasteiger partial charge on any atom is -0.0907 e. The van der Waals surface area contributed by atoms with Crippen molar-refractivity contribution in [3.05, 3.63) is 6.92 Å². The topological polar surface area (TPSA) is 0 Å². The van der Waals surface area contributed by atoms with Crippen LogP contribution in [0.1, 0.15) is 6.92 Å². The molecule has 0 nitrogen and oxygen atoms in total. The molecular formula is C3H6S. The quantitative estimate of drug-likeness (QED) is 0.407. The van der Waals surface area contributed by atoms with Gasteiger partial charge in [-0.1, -0.05) is 19.6 Å². The van der Waals surface area contributed by atoms with Crippen molar-refractivity contribution in [3.63, 3.8) is 0 Å². The molecule has 0 saturated heterocycles. The zero-order chi connectivity index (χ0) is 3.58. The first kappa shape index (κ1) is 4.35. The normalized spacial score (nSPS) is 9.00. The van der Waals surface area contributed by atoms with Crippen molar-refractivity contribution in [1.29, 1.82) is 0 Å². The van der Waals surface area contributed by atoms with E-state index < -0.39 is 0 Å². The van der Waals surface area contributed by atoms with Crippen molar-refractivity contribution in [2.45, 2.75) is 12.2 Å². The van der Waals surface area contributed by atoms with Gasteiger partial charge in [0, 0.05) is 5.25 Å². The Bertz CT molecular complexity index is 8.00. The van der Waals surface area contributed by atoms with Crippen LogP contribution in [0.15, 0.2) is 0 Å². The lowest BCUT2D eigenvalue weighted by Gasteiger charge is -1.76. The first-order valence-electron chi connectivity index (χ1n) is 1.22. The van der Waals surface area contributed by atoms with Gasteiger partial charge in [-0.25, -0.2) is 0 Å². The van der Waals surface area contributed by atoms with Crippen LogP contribution in [0.25, 0.3) is 0 Å². The smallest absolute Gasteiger partial charge is 0.0123 e. The third-order valence-corrected chi connectivity index (χ3v) is 0. The van der Waals surface area contributed by atoms with Gasteiger partial charge in [0.2, 0.25) is 0 Å². The van der Waals surface area contributed by atoms with Gasteiger partial charge in [-0.05, 0) is 6.92 Å². The fraction of sp³-hybridized carbons (Fsp3) is 0.667. The Morgan fingerprint density at radius 3 is 2.00 bits per heavy atom. The van der Waals surface area contributed by atoms with Crippen LogP contribution in [0, 0.1) is 6.92 Å². The highest BCUT2D eigenvalue weighted by Crippen LogP contribution is 1.82. The Morgan fingerprint density at radius 2 is 2.00 bits per heavy atom. The van der Waals surface area contributed by atoms with Gasteiger partial charge in [0.15, 0.2) is 0 Å². The van der Waals surface area contributed by atoms with E-state index in [-0.39, 0.29) is 5.25 Å². The molecule has 0 aliphatic rings. The number of rotatable bonds is 0. The lowest BCUT2D eigenvalue weighted by Crippen LogP contribution is -1.72. The minimum absolute atomic E-state index is 0.167. The average molecular weight is 74.1 g/mol. The first-order valence-corrected chi connectivity index (χ1v) is 1.69. The van der Waals surface area contributed by atoms with E-state index in [0.717, 1.165) is 0 Å². The van der Waals surface area contributed by atoms with Gasteiger partial charge in [0.1, 0.15) is 0 Å². The molecular weight excluding hydrogens is 68.1 g/mol. The highest BCUT2D eigenvalue weighted by atomic mass is 32.1. The minimum atomic E-state index is 0.167. The van der Waals surface area contributed by atoms with Crippen molar-refractivity contribution >= 4 is 12.6 Å². The van der Waals surface area contributed by atoms with Gasteiger partial charge in [-0.3, -0.25) is 0 Å². The molecule has 24 valence electrons. The fourth-order valence-corrected chi connectivity index (χ4v) is 0. The van der Waals surface area contributed by atoms with Crippen LogP contribution >= 0.6 is 12.6 Å². The molecule has 0 amide bonds. The van der Waals surface area contributed by atoms with Gasteiger partial charge in [-0.2, -0.15) is 0 Å². The van der Waals surface area contributed by atoms with E-state index in [4.69, 9.17) is 0 Å². The zero-order valence-corrected chi connectivity index (χ0v) is 3.51. The Labute approximate surface area is 32.6 Å². The third kappa shape index (κ3) is 35.0. The van der Waals surface area contributed by atoms with Crippen molar-refractivity contribution in [2.24, 2.45) is 0 Å². The summed E-state index contributed by atoms with van der Waals surface area (Å²) in [6.07, 6.45) is 0. The molecule has 0 N–H and O–H groups in total. The van der Waals surface area contributed by atoms with Crippen LogP contribution in [0.2, 0.25) is 0 Å². The monoisotopic (exact) mass is 74.0 g/mol. The Balaban J connectivity index is 2.32. The van der Waals surface area contributed by atoms with Crippen LogP contribution in [-0.4, -0.2) is 5.25 Å². The molecule has 0 aliphatic heterocycles. The first-order chi connectivity index (χ1) is 1.73. The summed E-state index contributed by atoms with van der Waals surface area (Å²) in [5.74, 6) is 0. The maximum atomic E-state index is 4.51. The molecule has 1 unspecified atom stereocenters. The maximum Gasteiger partial charge on any atom is 0.0123 e. The molecule has 0 spiro atoms. The summed E-state index contributed by atoms with van der Waals surface area (Å²) >= 11 is 4.51. The fourth-order valence-electron chi connectivity index (χ4n) is 0. The van der Waals surface area contributed by atoms with Crippen molar-refractivity contribution in [3.8, 4) is 0 Å². The van der Waals surface area contributed by atoms with E-state index in [0.29, 0.717) is 0 Å². The summed E-state index contributed by atoms with van der Waals surface area (Å²) in [6, 6.07) is 0. The molecule has 0 aromatic rings. The lowest BCUT2D eigenvalue weighted by molar-refractivity contribution is 1.26. The summed E-state index contributed by atoms with van der Waals surface area (Å²) in [5.41, 5.74) is 0. The van der Waals surface area contributed by atoms with Crippen LogP contribution in [0.4, 0.5) is 0 Å². The average Bonchev–Trinajstić information content (AvgIpc) is 0.811. The standard InChI is InChI=1S/C3H6S/c1-3(2)4/h3H,1H2,2H3. The van der Waals surface area contributed by atoms with Crippen molar-refractivity contribution in [1.82, 2.24) is 0 Å². The summed E-state index contributed by atoms with van der Waals surface area (Å²) in [5, 5.41) is 0.167. The molecule has 4 heavy (non-hydrogen) atoms. The highest BCUT2D eigenvalue weighted by Gasteiger charge is 1.71. The van der Waals surface area contributed by atoms with E-state index in [1.165, 1.54) is 0 Å². The predicted octanol–water partition coefficient (Wildman–Crippen LogP) is 1.41.